The minimum Gasteiger partial charge on any atom is -0.462 e. The van der Waals surface area contributed by atoms with Crippen LogP contribution in [0.1, 0.15) is 17.3 Å². The van der Waals surface area contributed by atoms with E-state index in [4.69, 9.17) is 10.5 Å². The highest BCUT2D eigenvalue weighted by atomic mass is 16.6. The molecule has 3 N–H and O–H groups in total. The van der Waals surface area contributed by atoms with Gasteiger partial charge in [-0.05, 0) is 25.1 Å². The van der Waals surface area contributed by atoms with Gasteiger partial charge in [0.1, 0.15) is 6.33 Å². The zero-order valence-corrected chi connectivity index (χ0v) is 11.6. The largest absolute Gasteiger partial charge is 0.462 e. The second kappa shape index (κ2) is 6.48. The second-order valence-electron chi connectivity index (χ2n) is 4.14. The molecule has 0 saturated heterocycles. The molecular formula is C13H13N5O4. The molecule has 0 bridgehead atoms. The lowest BCUT2D eigenvalue weighted by Gasteiger charge is -2.08. The lowest BCUT2D eigenvalue weighted by Crippen LogP contribution is -2.07. The molecule has 1 aromatic heterocycles. The predicted molar refractivity (Wildman–Crippen MR) is 78.8 cm³/mol. The number of nitrogens with two attached hydrogens (primary N) is 1. The summed E-state index contributed by atoms with van der Waals surface area (Å²) in [5, 5.41) is 13.8. The van der Waals surface area contributed by atoms with Gasteiger partial charge >= 0.3 is 11.7 Å². The number of anilines is 3. The number of nitro groups is 1. The standard InChI is InChI=1S/C13H13N5O4/c1-2-22-13(19)8-4-3-5-9(6-8)17-12-10(18(20)21)11(14)15-7-16-12/h3-7H,2H2,1H3,(H3,14,15,16,17). The Bertz CT molecular complexity index is 719. The molecule has 114 valence electrons. The molecule has 9 heteroatoms. The van der Waals surface area contributed by atoms with Gasteiger partial charge in [-0.15, -0.1) is 0 Å². The maximum Gasteiger partial charge on any atom is 0.353 e. The lowest BCUT2D eigenvalue weighted by molar-refractivity contribution is -0.383. The van der Waals surface area contributed by atoms with Gasteiger partial charge in [-0.2, -0.15) is 0 Å². The summed E-state index contributed by atoms with van der Waals surface area (Å²) in [6.45, 7) is 1.96. The maximum absolute atomic E-state index is 11.7. The van der Waals surface area contributed by atoms with Gasteiger partial charge in [-0.1, -0.05) is 6.07 Å². The average Bonchev–Trinajstić information content (AvgIpc) is 2.47. The fourth-order valence-corrected chi connectivity index (χ4v) is 1.74. The molecule has 0 unspecified atom stereocenters. The van der Waals surface area contributed by atoms with Crippen LogP contribution in [0.3, 0.4) is 0 Å². The van der Waals surface area contributed by atoms with Crippen molar-refractivity contribution >= 4 is 29.0 Å². The molecule has 0 radical (unpaired) electrons. The molecule has 0 aliphatic carbocycles. The number of nitrogens with one attached hydrogen (secondary N) is 1. The monoisotopic (exact) mass is 303 g/mol. The van der Waals surface area contributed by atoms with Crippen molar-refractivity contribution in [3.05, 3.63) is 46.3 Å². The number of nitrogens with zero attached hydrogens (tertiary/aromatic N) is 3. The molecule has 9 nitrogen and oxygen atoms in total. The fraction of sp³-hybridized carbons (Fsp3) is 0.154. The highest BCUT2D eigenvalue weighted by molar-refractivity contribution is 5.90. The highest BCUT2D eigenvalue weighted by Gasteiger charge is 2.21. The number of hydrogen-bond donors (Lipinski definition) is 2. The molecule has 0 aliphatic rings. The van der Waals surface area contributed by atoms with Crippen LogP contribution in [-0.4, -0.2) is 27.5 Å². The van der Waals surface area contributed by atoms with E-state index in [-0.39, 0.29) is 18.2 Å². The summed E-state index contributed by atoms with van der Waals surface area (Å²) in [5.41, 5.74) is 5.81. The number of aromatic nitrogens is 2. The maximum atomic E-state index is 11.7. The van der Waals surface area contributed by atoms with E-state index in [1.165, 1.54) is 6.07 Å². The zero-order chi connectivity index (χ0) is 16.1. The third-order valence-corrected chi connectivity index (χ3v) is 2.67. The third kappa shape index (κ3) is 3.26. The fourth-order valence-electron chi connectivity index (χ4n) is 1.74. The normalized spacial score (nSPS) is 10.0. The van der Waals surface area contributed by atoms with E-state index < -0.39 is 16.6 Å². The van der Waals surface area contributed by atoms with E-state index in [1.54, 1.807) is 25.1 Å². The number of rotatable bonds is 5. The van der Waals surface area contributed by atoms with Crippen LogP contribution in [0.15, 0.2) is 30.6 Å². The molecule has 1 heterocycles. The minimum atomic E-state index is -0.674. The molecule has 1 aromatic carbocycles. The van der Waals surface area contributed by atoms with Crippen molar-refractivity contribution < 1.29 is 14.5 Å². The predicted octanol–water partition coefficient (Wildman–Crippen LogP) is 1.89. The Labute approximate surface area is 125 Å². The van der Waals surface area contributed by atoms with Gasteiger partial charge in [0, 0.05) is 5.69 Å². The lowest BCUT2D eigenvalue weighted by atomic mass is 10.2. The number of hydrogen-bond acceptors (Lipinski definition) is 8. The van der Waals surface area contributed by atoms with Crippen molar-refractivity contribution in [2.75, 3.05) is 17.7 Å². The molecule has 0 atom stereocenters. The van der Waals surface area contributed by atoms with Gasteiger partial charge in [-0.25, -0.2) is 14.8 Å². The first-order valence-corrected chi connectivity index (χ1v) is 6.32. The average molecular weight is 303 g/mol. The molecule has 0 saturated carbocycles. The van der Waals surface area contributed by atoms with Gasteiger partial charge in [0.05, 0.1) is 17.1 Å². The van der Waals surface area contributed by atoms with Crippen molar-refractivity contribution in [3.8, 4) is 0 Å². The van der Waals surface area contributed by atoms with Crippen molar-refractivity contribution in [2.45, 2.75) is 6.92 Å². The molecule has 0 aliphatic heterocycles. The topological polar surface area (TPSA) is 133 Å². The summed E-state index contributed by atoms with van der Waals surface area (Å²) in [5.74, 6) is -0.787. The number of ether oxygens (including phenoxy) is 1. The van der Waals surface area contributed by atoms with Crippen molar-refractivity contribution in [2.24, 2.45) is 0 Å². The summed E-state index contributed by atoms with van der Waals surface area (Å²) < 4.78 is 4.89. The number of esters is 1. The van der Waals surface area contributed by atoms with E-state index in [0.717, 1.165) is 6.33 Å². The molecular weight excluding hydrogens is 290 g/mol. The molecule has 2 rings (SSSR count). The van der Waals surface area contributed by atoms with Crippen molar-refractivity contribution in [1.29, 1.82) is 0 Å². The van der Waals surface area contributed by atoms with Gasteiger partial charge < -0.3 is 15.8 Å². The van der Waals surface area contributed by atoms with Crippen LogP contribution in [-0.2, 0) is 4.74 Å². The summed E-state index contributed by atoms with van der Waals surface area (Å²) in [7, 11) is 0. The Morgan fingerprint density at radius 3 is 2.91 bits per heavy atom. The number of nitrogen functional groups attached to an aromatic ring is 1. The second-order valence-corrected chi connectivity index (χ2v) is 4.14. The van der Waals surface area contributed by atoms with Crippen LogP contribution < -0.4 is 11.1 Å². The van der Waals surface area contributed by atoms with Gasteiger partial charge in [0.2, 0.25) is 11.6 Å². The summed E-state index contributed by atoms with van der Waals surface area (Å²) in [4.78, 5) is 29.4. The SMILES string of the molecule is CCOC(=O)c1cccc(Nc2ncnc(N)c2[N+](=O)[O-])c1. The van der Waals surface area contributed by atoms with Crippen molar-refractivity contribution in [1.82, 2.24) is 9.97 Å². The van der Waals surface area contributed by atoms with Gasteiger partial charge in [-0.3, -0.25) is 10.1 Å². The number of carbonyl (C=O) groups excluding carboxylic acids is 1. The van der Waals surface area contributed by atoms with Crippen molar-refractivity contribution in [3.63, 3.8) is 0 Å². The van der Waals surface area contributed by atoms with Crippen LogP contribution in [0.25, 0.3) is 0 Å². The first-order chi connectivity index (χ1) is 10.5. The molecule has 2 aromatic rings. The molecule has 0 spiro atoms. The Balaban J connectivity index is 2.32. The number of benzene rings is 1. The van der Waals surface area contributed by atoms with Crippen LogP contribution in [0, 0.1) is 10.1 Å². The van der Waals surface area contributed by atoms with E-state index in [1.807, 2.05) is 0 Å². The first-order valence-electron chi connectivity index (χ1n) is 6.32. The molecule has 0 amide bonds. The summed E-state index contributed by atoms with van der Waals surface area (Å²) >= 11 is 0. The quantitative estimate of drug-likeness (QED) is 0.486. The van der Waals surface area contributed by atoms with Gasteiger partial charge in [0.25, 0.3) is 0 Å². The van der Waals surface area contributed by atoms with Gasteiger partial charge in [0.15, 0.2) is 0 Å². The molecule has 22 heavy (non-hydrogen) atoms. The Morgan fingerprint density at radius 1 is 1.45 bits per heavy atom. The first kappa shape index (κ1) is 15.2. The minimum absolute atomic E-state index is 0.0569. The number of carbonyl (C=O) groups is 1. The Morgan fingerprint density at radius 2 is 2.23 bits per heavy atom. The van der Waals surface area contributed by atoms with Crippen LogP contribution in [0.2, 0.25) is 0 Å². The van der Waals surface area contributed by atoms with Crippen LogP contribution in [0.4, 0.5) is 23.0 Å². The Hall–Kier alpha value is -3.23. The zero-order valence-electron chi connectivity index (χ0n) is 11.6. The van der Waals surface area contributed by atoms with E-state index >= 15 is 0 Å². The van der Waals surface area contributed by atoms with E-state index in [0.29, 0.717) is 11.3 Å². The van der Waals surface area contributed by atoms with E-state index in [9.17, 15) is 14.9 Å². The third-order valence-electron chi connectivity index (χ3n) is 2.67. The van der Waals surface area contributed by atoms with E-state index in [2.05, 4.69) is 15.3 Å². The summed E-state index contributed by atoms with van der Waals surface area (Å²) in [6.07, 6.45) is 1.11. The Kier molecular flexibility index (Phi) is 4.47. The smallest absolute Gasteiger partial charge is 0.353 e. The molecule has 0 fully saturated rings. The van der Waals surface area contributed by atoms with Crippen LogP contribution in [0.5, 0.6) is 0 Å². The van der Waals surface area contributed by atoms with Crippen LogP contribution >= 0.6 is 0 Å². The summed E-state index contributed by atoms with van der Waals surface area (Å²) in [6, 6.07) is 6.32. The highest BCUT2D eigenvalue weighted by Crippen LogP contribution is 2.29.